The highest BCUT2D eigenvalue weighted by Gasteiger charge is 2.14. The highest BCUT2D eigenvalue weighted by atomic mass is 16.5. The average molecular weight is 343 g/mol. The average Bonchev–Trinajstić information content (AvgIpc) is 3.12. The zero-order valence-electron chi connectivity index (χ0n) is 14.8. The van der Waals surface area contributed by atoms with Gasteiger partial charge in [-0.2, -0.15) is 5.10 Å². The van der Waals surface area contributed by atoms with Crippen molar-refractivity contribution in [1.82, 2.24) is 9.78 Å². The lowest BCUT2D eigenvalue weighted by Crippen LogP contribution is -2.16. The van der Waals surface area contributed by atoms with E-state index in [-0.39, 0.29) is 6.04 Å². The minimum absolute atomic E-state index is 0.146. The molecule has 0 saturated heterocycles. The van der Waals surface area contributed by atoms with Gasteiger partial charge in [-0.1, -0.05) is 6.58 Å². The molecule has 1 unspecified atom stereocenters. The first-order valence-electron chi connectivity index (χ1n) is 8.53. The molecule has 2 heterocycles. The van der Waals surface area contributed by atoms with Gasteiger partial charge in [0.05, 0.1) is 38.7 Å². The van der Waals surface area contributed by atoms with E-state index < -0.39 is 0 Å². The van der Waals surface area contributed by atoms with Crippen molar-refractivity contribution in [2.45, 2.75) is 13.0 Å². The second kappa shape index (κ2) is 8.18. The molecule has 25 heavy (non-hydrogen) atoms. The summed E-state index contributed by atoms with van der Waals surface area (Å²) in [7, 11) is 1.90. The van der Waals surface area contributed by atoms with Crippen LogP contribution in [0.2, 0.25) is 0 Å². The van der Waals surface area contributed by atoms with Gasteiger partial charge in [-0.05, 0) is 30.7 Å². The van der Waals surface area contributed by atoms with E-state index in [1.807, 2.05) is 42.3 Å². The van der Waals surface area contributed by atoms with Gasteiger partial charge < -0.3 is 19.5 Å². The Morgan fingerprint density at radius 1 is 1.20 bits per heavy atom. The van der Waals surface area contributed by atoms with Crippen LogP contribution in [0.5, 0.6) is 5.75 Å². The van der Waals surface area contributed by atoms with E-state index in [2.05, 4.69) is 23.9 Å². The lowest BCUT2D eigenvalue weighted by Gasteiger charge is -2.15. The molecule has 1 atom stereocenters. The van der Waals surface area contributed by atoms with Crippen molar-refractivity contribution >= 4 is 11.3 Å². The summed E-state index contributed by atoms with van der Waals surface area (Å²) in [6.45, 7) is 9.08. The SMILES string of the molecule is C=C1c2cnn(c2)C(C)COCCOCCOc2ccc(NC)c1c2. The highest BCUT2D eigenvalue weighted by Crippen LogP contribution is 2.31. The highest BCUT2D eigenvalue weighted by molar-refractivity contribution is 5.85. The third-order valence-electron chi connectivity index (χ3n) is 4.21. The third-order valence-corrected chi connectivity index (χ3v) is 4.21. The molecule has 0 fully saturated rings. The Bertz CT molecular complexity index is 726. The smallest absolute Gasteiger partial charge is 0.120 e. The van der Waals surface area contributed by atoms with Crippen molar-refractivity contribution < 1.29 is 14.2 Å². The number of fused-ring (bicyclic) bond motifs is 4. The Morgan fingerprint density at radius 2 is 2.00 bits per heavy atom. The number of nitrogens with one attached hydrogen (secondary N) is 1. The van der Waals surface area contributed by atoms with Gasteiger partial charge in [0.15, 0.2) is 0 Å². The maximum Gasteiger partial charge on any atom is 0.120 e. The molecule has 0 amide bonds. The van der Waals surface area contributed by atoms with E-state index in [1.165, 1.54) is 0 Å². The minimum atomic E-state index is 0.146. The van der Waals surface area contributed by atoms with Crippen molar-refractivity contribution in [1.29, 1.82) is 0 Å². The summed E-state index contributed by atoms with van der Waals surface area (Å²) in [5.74, 6) is 0.794. The fraction of sp³-hybridized carbons (Fsp3) is 0.421. The lowest BCUT2D eigenvalue weighted by atomic mass is 10.00. The monoisotopic (exact) mass is 343 g/mol. The van der Waals surface area contributed by atoms with Crippen LogP contribution in [0.3, 0.4) is 0 Å². The van der Waals surface area contributed by atoms with E-state index in [0.717, 1.165) is 28.1 Å². The zero-order chi connectivity index (χ0) is 17.6. The van der Waals surface area contributed by atoms with Gasteiger partial charge in [0.2, 0.25) is 0 Å². The molecule has 4 bridgehead atoms. The number of rotatable bonds is 1. The van der Waals surface area contributed by atoms with E-state index in [9.17, 15) is 0 Å². The second-order valence-corrected chi connectivity index (χ2v) is 6.03. The standard InChI is InChI=1S/C19H25N3O3/c1-14-13-24-7-6-23-8-9-25-17-4-5-19(20-3)18(10-17)15(2)16-11-21-22(14)12-16/h4-5,10-12,14,20H,2,6-9,13H2,1,3H3. The summed E-state index contributed by atoms with van der Waals surface area (Å²) in [6.07, 6.45) is 3.85. The largest absolute Gasteiger partial charge is 0.491 e. The zero-order valence-corrected chi connectivity index (χ0v) is 14.8. The lowest BCUT2D eigenvalue weighted by molar-refractivity contribution is 0.0267. The van der Waals surface area contributed by atoms with Crippen LogP contribution in [0.25, 0.3) is 5.57 Å². The normalized spacial score (nSPS) is 19.3. The van der Waals surface area contributed by atoms with Crippen molar-refractivity contribution in [2.75, 3.05) is 45.4 Å². The van der Waals surface area contributed by atoms with Crippen molar-refractivity contribution in [3.63, 3.8) is 0 Å². The van der Waals surface area contributed by atoms with Crippen LogP contribution in [-0.4, -0.2) is 49.9 Å². The molecule has 1 N–H and O–H groups in total. The van der Waals surface area contributed by atoms with Crippen molar-refractivity contribution in [3.8, 4) is 5.75 Å². The Balaban J connectivity index is 1.92. The first-order valence-corrected chi connectivity index (χ1v) is 8.53. The maximum absolute atomic E-state index is 5.79. The number of nitrogens with zero attached hydrogens (tertiary/aromatic N) is 2. The molecule has 6 heteroatoms. The van der Waals surface area contributed by atoms with E-state index in [0.29, 0.717) is 33.0 Å². The predicted octanol–water partition coefficient (Wildman–Crippen LogP) is 2.97. The first-order chi connectivity index (χ1) is 12.2. The molecule has 0 spiro atoms. The fourth-order valence-electron chi connectivity index (χ4n) is 2.74. The van der Waals surface area contributed by atoms with Gasteiger partial charge in [0, 0.05) is 30.1 Å². The van der Waals surface area contributed by atoms with Crippen LogP contribution >= 0.6 is 0 Å². The maximum atomic E-state index is 5.79. The fourth-order valence-corrected chi connectivity index (χ4v) is 2.74. The molecule has 134 valence electrons. The Hall–Kier alpha value is -2.31. The summed E-state index contributed by atoms with van der Waals surface area (Å²) < 4.78 is 18.9. The summed E-state index contributed by atoms with van der Waals surface area (Å²) in [5.41, 5.74) is 3.88. The summed E-state index contributed by atoms with van der Waals surface area (Å²) in [6, 6.07) is 6.10. The summed E-state index contributed by atoms with van der Waals surface area (Å²) in [4.78, 5) is 0. The molecule has 1 aliphatic heterocycles. The van der Waals surface area contributed by atoms with Gasteiger partial charge in [-0.25, -0.2) is 0 Å². The number of benzene rings is 1. The topological polar surface area (TPSA) is 57.5 Å². The number of hydrogen-bond donors (Lipinski definition) is 1. The van der Waals surface area contributed by atoms with Crippen LogP contribution in [0.1, 0.15) is 24.1 Å². The predicted molar refractivity (Wildman–Crippen MR) is 98.2 cm³/mol. The van der Waals surface area contributed by atoms with Gasteiger partial charge >= 0.3 is 0 Å². The molecular weight excluding hydrogens is 318 g/mol. The van der Waals surface area contributed by atoms with Crippen LogP contribution in [-0.2, 0) is 9.47 Å². The number of ether oxygens (including phenoxy) is 3. The molecule has 6 nitrogen and oxygen atoms in total. The Labute approximate surface area is 148 Å². The quantitative estimate of drug-likeness (QED) is 0.863. The molecule has 2 aromatic rings. The summed E-state index contributed by atoms with van der Waals surface area (Å²) >= 11 is 0. The van der Waals surface area contributed by atoms with Gasteiger partial charge in [-0.15, -0.1) is 0 Å². The first kappa shape index (κ1) is 17.5. The Kier molecular flexibility index (Phi) is 5.73. The molecule has 0 radical (unpaired) electrons. The van der Waals surface area contributed by atoms with E-state index >= 15 is 0 Å². The van der Waals surface area contributed by atoms with Crippen LogP contribution < -0.4 is 10.1 Å². The molecule has 3 rings (SSSR count). The minimum Gasteiger partial charge on any atom is -0.491 e. The molecular formula is C19H25N3O3. The second-order valence-electron chi connectivity index (χ2n) is 6.03. The molecule has 1 aliphatic rings. The van der Waals surface area contributed by atoms with E-state index in [4.69, 9.17) is 14.2 Å². The Morgan fingerprint density at radius 3 is 2.84 bits per heavy atom. The van der Waals surface area contributed by atoms with Crippen LogP contribution in [0.4, 0.5) is 5.69 Å². The molecule has 0 aliphatic carbocycles. The number of anilines is 1. The van der Waals surface area contributed by atoms with Crippen molar-refractivity contribution in [3.05, 3.63) is 48.3 Å². The number of aromatic nitrogens is 2. The third kappa shape index (κ3) is 4.21. The van der Waals surface area contributed by atoms with Crippen LogP contribution in [0.15, 0.2) is 37.2 Å². The van der Waals surface area contributed by atoms with Crippen LogP contribution in [0, 0.1) is 0 Å². The molecule has 0 saturated carbocycles. The molecule has 1 aromatic heterocycles. The summed E-state index contributed by atoms with van der Waals surface area (Å²) in [5, 5.41) is 7.68. The van der Waals surface area contributed by atoms with Gasteiger partial charge in [0.25, 0.3) is 0 Å². The molecule has 1 aromatic carbocycles. The number of hydrogen-bond acceptors (Lipinski definition) is 5. The van der Waals surface area contributed by atoms with Crippen molar-refractivity contribution in [2.24, 2.45) is 0 Å². The van der Waals surface area contributed by atoms with E-state index in [1.54, 1.807) is 0 Å². The van der Waals surface area contributed by atoms with Gasteiger partial charge in [-0.3, -0.25) is 4.68 Å². The van der Waals surface area contributed by atoms with Gasteiger partial charge in [0.1, 0.15) is 12.4 Å².